The fourth-order valence-corrected chi connectivity index (χ4v) is 19.2. The topological polar surface area (TPSA) is 165 Å². The third kappa shape index (κ3) is 31.6. The van der Waals surface area contributed by atoms with E-state index >= 15 is 0 Å². The molecule has 10 heterocycles. The number of pyridine rings is 3. The number of fused-ring (bicyclic) bond motifs is 5. The molecule has 0 radical (unpaired) electrons. The minimum Gasteiger partial charge on any atom is -0.381 e. The number of carbonyl (C=O) groups is 1. The molecule has 0 unspecified atom stereocenters. The Hall–Kier alpha value is -14.4. The lowest BCUT2D eigenvalue weighted by atomic mass is 9.87. The van der Waals surface area contributed by atoms with Crippen LogP contribution < -0.4 is 31.9 Å². The van der Waals surface area contributed by atoms with Crippen LogP contribution in [-0.4, -0.2) is 122 Å². The number of terminal acetylenes is 1. The number of nitrogens with one attached hydrogen (secondary N) is 6. The molecule has 2 saturated heterocycles. The number of hydrogen-bond acceptors (Lipinski definition) is 11. The molecule has 2 aliphatic rings. The quantitative estimate of drug-likeness (QED) is 0.0272. The zero-order chi connectivity index (χ0) is 105. The van der Waals surface area contributed by atoms with Crippen molar-refractivity contribution in [2.24, 2.45) is 11.8 Å². The molecule has 0 spiro atoms. The summed E-state index contributed by atoms with van der Waals surface area (Å²) in [6, 6.07) is 73.2. The number of ether oxygens (including phenoxy) is 1. The van der Waals surface area contributed by atoms with E-state index in [-0.39, 0.29) is 22.2 Å². The van der Waals surface area contributed by atoms with Crippen molar-refractivity contribution in [3.63, 3.8) is 0 Å². The summed E-state index contributed by atoms with van der Waals surface area (Å²) in [5.41, 5.74) is 28.7. The maximum Gasteiger partial charge on any atom is 0.252 e. The van der Waals surface area contributed by atoms with E-state index in [4.69, 9.17) is 11.2 Å². The minimum absolute atomic E-state index is 0.0681. The second-order valence-corrected chi connectivity index (χ2v) is 42.0. The monoisotopic (exact) mass is 1970 g/mol. The van der Waals surface area contributed by atoms with Crippen LogP contribution in [-0.2, 0) is 85.9 Å². The van der Waals surface area contributed by atoms with Gasteiger partial charge in [0.25, 0.3) is 5.91 Å². The van der Waals surface area contributed by atoms with Gasteiger partial charge in [-0.15, -0.1) is 6.42 Å². The van der Waals surface area contributed by atoms with Crippen molar-refractivity contribution >= 4 is 83.2 Å². The second kappa shape index (κ2) is 54.3. The van der Waals surface area contributed by atoms with Crippen LogP contribution >= 0.6 is 0 Å². The van der Waals surface area contributed by atoms with Gasteiger partial charge >= 0.3 is 0 Å². The number of aromatic nitrogens is 8. The van der Waals surface area contributed by atoms with E-state index < -0.39 is 0 Å². The maximum atomic E-state index is 12.4. The van der Waals surface area contributed by atoms with Crippen molar-refractivity contribution in [1.29, 1.82) is 0 Å². The average Bonchev–Trinajstić information content (AvgIpc) is 1.67. The number of rotatable bonds is 27. The highest BCUT2D eigenvalue weighted by Gasteiger charge is 2.22. The molecule has 15 aromatic rings. The smallest absolute Gasteiger partial charge is 0.252 e. The Morgan fingerprint density at radius 3 is 1.05 bits per heavy atom. The Kier molecular flexibility index (Phi) is 40.7. The Labute approximate surface area is 883 Å². The first kappa shape index (κ1) is 111. The van der Waals surface area contributed by atoms with E-state index in [2.05, 4.69) is 434 Å². The Morgan fingerprint density at radius 1 is 0.385 bits per heavy atom. The van der Waals surface area contributed by atoms with Crippen molar-refractivity contribution < 1.29 is 9.53 Å². The number of carbonyl (C=O) groups excluding carboxylic acids is 1. The van der Waals surface area contributed by atoms with E-state index in [1.807, 2.05) is 55.8 Å². The van der Waals surface area contributed by atoms with Gasteiger partial charge in [-0.25, -0.2) is 4.98 Å². The zero-order valence-electron chi connectivity index (χ0n) is 91.5. The SMILES string of the molecule is C#Cc1ccc(NCC#Cc2cc3cc(CCC)ccc3n2CC)cn1.CCCc1ccc2c(c1)cc(C#CCNc1ccc(C(C)(C)C)nc1)n2CC.CCn1c(C#CCNC(=O)c2ccc(C(C)(C)C)cc2)cc2cc(CNC)ccc21.CCn1c(C#CCNc2ccc(C(C)(C)C)nc2)cc2cc(CCC3CCN(C)CC3)ccc21.CCn1c(C#CCNc2ccc(C)cc2)cc2cc(CCC3CCOCC3)ccc21. The van der Waals surface area contributed by atoms with Gasteiger partial charge in [0.05, 0.1) is 96.8 Å². The van der Waals surface area contributed by atoms with Crippen LogP contribution in [0.2, 0.25) is 0 Å². The lowest BCUT2D eigenvalue weighted by molar-refractivity contribution is 0.0640. The van der Waals surface area contributed by atoms with Gasteiger partial charge in [0.15, 0.2) is 0 Å². The number of nitrogens with zero attached hydrogens (tertiary/aromatic N) is 9. The van der Waals surface area contributed by atoms with Crippen molar-refractivity contribution in [2.75, 3.05) is 94.4 Å². The summed E-state index contributed by atoms with van der Waals surface area (Å²) in [6.45, 7) is 49.4. The summed E-state index contributed by atoms with van der Waals surface area (Å²) in [6.07, 6.45) is 25.4. The molecule has 17 rings (SSSR count). The standard InChI is InChI=1S/C30H40N4.C27H32N2O.C26H31N3O.C25H31N3.C23H23N3/c1-6-34-27(8-7-17-31-26-12-14-29(32-22-26)30(2,3)4)21-25-20-24(11-13-28(25)34)10-9-23-15-18-33(5)19-16-23;1-3-29-26(5-4-16-28-25-11-6-21(2)7-12-25)20-24-19-23(10-13-27(24)29)9-8-22-14-17-30-18-15-22;1-6-29-23(17-21-16-19(18-27-5)9-14-24(21)29)8-7-15-28-25(30)20-10-12-22(13-11-20)26(2,3)4;1-6-9-19-11-13-23-20(16-19)17-22(28(23)7-2)10-8-15-26-21-12-14-24(27-18-21)25(3,4)5;1-4-8-18-10-13-23-19(15-18)16-22(26(23)6-3)9-7-14-24-21-12-11-20(5-2)25-17-21/h11-14,20-23,31H,6,9-10,15-19H2,1-5H3;6-7,10-13,19-20,22,28H,3,8-9,14-18H2,1-2H3;9-14,16-17,27H,6,15,18H2,1-5H3,(H,28,30);11-14,16-18,26H,6-7,9,15H2,1-5H3;2,10-13,15-17,24H,4,6,8,14H2,1,3H3. The summed E-state index contributed by atoms with van der Waals surface area (Å²) < 4.78 is 16.9. The molecular weight excluding hydrogens is 1820 g/mol. The van der Waals surface area contributed by atoms with Crippen LogP contribution in [0.3, 0.4) is 0 Å². The van der Waals surface area contributed by atoms with E-state index in [9.17, 15) is 4.79 Å². The highest BCUT2D eigenvalue weighted by atomic mass is 16.5. The number of piperidine rings is 1. The molecule has 8 aromatic heterocycles. The van der Waals surface area contributed by atoms with Gasteiger partial charge in [-0.2, -0.15) is 0 Å². The molecular formula is C131H157N15O2. The molecule has 17 nitrogen and oxygen atoms in total. The van der Waals surface area contributed by atoms with Gasteiger partial charge in [-0.1, -0.05) is 185 Å². The summed E-state index contributed by atoms with van der Waals surface area (Å²) in [7, 11) is 4.19. The first-order valence-electron chi connectivity index (χ1n) is 53.8. The van der Waals surface area contributed by atoms with E-state index in [0.29, 0.717) is 44.0 Å². The first-order chi connectivity index (χ1) is 71.5. The third-order valence-corrected chi connectivity index (χ3v) is 27.7. The Balaban J connectivity index is 0.000000155. The van der Waals surface area contributed by atoms with E-state index in [1.165, 1.54) is 158 Å². The Morgan fingerprint density at radius 2 is 0.723 bits per heavy atom. The van der Waals surface area contributed by atoms with Crippen LogP contribution in [0.1, 0.15) is 257 Å². The van der Waals surface area contributed by atoms with E-state index in [0.717, 1.165) is 153 Å². The molecule has 768 valence electrons. The summed E-state index contributed by atoms with van der Waals surface area (Å²) >= 11 is 0. The molecule has 0 atom stereocenters. The molecule has 7 aromatic carbocycles. The molecule has 0 bridgehead atoms. The van der Waals surface area contributed by atoms with Crippen LogP contribution in [0.25, 0.3) is 54.5 Å². The lowest BCUT2D eigenvalue weighted by Gasteiger charge is -2.28. The van der Waals surface area contributed by atoms with Crippen molar-refractivity contribution in [1.82, 2.24) is 53.3 Å². The van der Waals surface area contributed by atoms with Crippen LogP contribution in [0.5, 0.6) is 0 Å². The van der Waals surface area contributed by atoms with Crippen LogP contribution in [0.4, 0.5) is 22.7 Å². The average molecular weight is 1970 g/mol. The predicted octanol–water partition coefficient (Wildman–Crippen LogP) is 26.6. The fourth-order valence-electron chi connectivity index (χ4n) is 19.2. The van der Waals surface area contributed by atoms with Crippen molar-refractivity contribution in [3.8, 4) is 71.5 Å². The number of amides is 1. The highest BCUT2D eigenvalue weighted by Crippen LogP contribution is 2.33. The second-order valence-electron chi connectivity index (χ2n) is 42.0. The molecule has 6 N–H and O–H groups in total. The highest BCUT2D eigenvalue weighted by molar-refractivity contribution is 5.94. The molecule has 2 fully saturated rings. The third-order valence-electron chi connectivity index (χ3n) is 27.7. The van der Waals surface area contributed by atoms with Gasteiger partial charge in [-0.3, -0.25) is 14.8 Å². The number of aryl methyl sites for hydroxylation is 10. The molecule has 0 aliphatic carbocycles. The molecule has 2 aliphatic heterocycles. The van der Waals surface area contributed by atoms with Gasteiger partial charge in [-0.05, 0) is 365 Å². The molecule has 148 heavy (non-hydrogen) atoms. The van der Waals surface area contributed by atoms with Gasteiger partial charge in [0, 0.05) is 140 Å². The summed E-state index contributed by atoms with van der Waals surface area (Å²) in [4.78, 5) is 28.1. The van der Waals surface area contributed by atoms with Gasteiger partial charge < -0.3 is 64.4 Å². The number of hydrogen-bond donors (Lipinski definition) is 6. The zero-order valence-corrected chi connectivity index (χ0v) is 91.5. The number of benzene rings is 7. The van der Waals surface area contributed by atoms with Crippen molar-refractivity contribution in [3.05, 3.63) is 315 Å². The normalized spacial score (nSPS) is 12.7. The predicted molar refractivity (Wildman–Crippen MR) is 624 cm³/mol. The van der Waals surface area contributed by atoms with Crippen molar-refractivity contribution in [2.45, 2.75) is 250 Å². The first-order valence-corrected chi connectivity index (χ1v) is 53.8. The molecule has 0 saturated carbocycles. The largest absolute Gasteiger partial charge is 0.381 e. The Bertz CT molecular complexity index is 7280. The molecule has 17 heteroatoms. The summed E-state index contributed by atoms with van der Waals surface area (Å²) in [5, 5.41) is 25.8. The van der Waals surface area contributed by atoms with Crippen LogP contribution in [0, 0.1) is 90.3 Å². The van der Waals surface area contributed by atoms with Crippen LogP contribution in [0.15, 0.2) is 225 Å². The minimum atomic E-state index is -0.0995. The number of anilines is 4. The summed E-state index contributed by atoms with van der Waals surface area (Å²) in [5.74, 6) is 36.9. The lowest BCUT2D eigenvalue weighted by Crippen LogP contribution is -2.30. The van der Waals surface area contributed by atoms with Gasteiger partial charge in [0.1, 0.15) is 5.69 Å². The number of likely N-dealkylation sites (tertiary alicyclic amines) is 1. The maximum absolute atomic E-state index is 12.4. The fraction of sp³-hybridized carbons (Fsp3) is 0.389. The molecule has 1 amide bonds. The van der Waals surface area contributed by atoms with E-state index in [1.54, 1.807) is 6.20 Å². The van der Waals surface area contributed by atoms with Gasteiger partial charge in [0.2, 0.25) is 0 Å².